The summed E-state index contributed by atoms with van der Waals surface area (Å²) >= 11 is 0. The molecule has 0 amide bonds. The molecule has 1 atom stereocenters. The van der Waals surface area contributed by atoms with Crippen LogP contribution in [0, 0.1) is 0 Å². The van der Waals surface area contributed by atoms with Crippen molar-refractivity contribution in [3.63, 3.8) is 0 Å². The van der Waals surface area contributed by atoms with E-state index in [1.165, 1.54) is 5.56 Å². The first kappa shape index (κ1) is 18.2. The van der Waals surface area contributed by atoms with Crippen molar-refractivity contribution in [3.05, 3.63) is 84.1 Å². The highest BCUT2D eigenvalue weighted by Crippen LogP contribution is 2.19. The fourth-order valence-electron chi connectivity index (χ4n) is 2.81. The van der Waals surface area contributed by atoms with Crippen LogP contribution in [0.3, 0.4) is 0 Å². The molecule has 0 aromatic heterocycles. The number of ether oxygens (including phenoxy) is 1. The summed E-state index contributed by atoms with van der Waals surface area (Å²) < 4.78 is 5.97. The summed E-state index contributed by atoms with van der Waals surface area (Å²) in [5.74, 6) is 0.902. The van der Waals surface area contributed by atoms with E-state index in [-0.39, 0.29) is 6.04 Å². The molecule has 1 heterocycles. The topological polar surface area (TPSA) is 36.9 Å². The number of hydrogen-bond acceptors (Lipinski definition) is 3. The number of benzene rings is 2. The van der Waals surface area contributed by atoms with Crippen LogP contribution in [0.2, 0.25) is 0 Å². The lowest BCUT2D eigenvalue weighted by molar-refractivity contribution is 0.108. The van der Waals surface area contributed by atoms with Gasteiger partial charge in [-0.2, -0.15) is 0 Å². The maximum Gasteiger partial charge on any atom is 0.124 e. The summed E-state index contributed by atoms with van der Waals surface area (Å²) in [7, 11) is 0. The van der Waals surface area contributed by atoms with Crippen LogP contribution in [-0.4, -0.2) is 30.1 Å². The first-order chi connectivity index (χ1) is 12.7. The largest absolute Gasteiger partial charge is 0.374 e. The summed E-state index contributed by atoms with van der Waals surface area (Å²) in [5.41, 5.74) is 2.34. The quantitative estimate of drug-likeness (QED) is 0.817. The Balaban J connectivity index is 1.68. The van der Waals surface area contributed by atoms with Gasteiger partial charge in [-0.1, -0.05) is 60.7 Å². The van der Waals surface area contributed by atoms with Crippen molar-refractivity contribution in [2.24, 2.45) is 4.99 Å². The van der Waals surface area contributed by atoms with Gasteiger partial charge >= 0.3 is 0 Å². The molecule has 0 saturated carbocycles. The van der Waals surface area contributed by atoms with E-state index in [1.807, 2.05) is 42.5 Å². The lowest BCUT2D eigenvalue weighted by Gasteiger charge is -2.29. The van der Waals surface area contributed by atoms with Gasteiger partial charge in [0.15, 0.2) is 0 Å². The Morgan fingerprint density at radius 2 is 1.73 bits per heavy atom. The van der Waals surface area contributed by atoms with E-state index in [0.29, 0.717) is 19.3 Å². The second-order valence-corrected chi connectivity index (χ2v) is 6.70. The van der Waals surface area contributed by atoms with E-state index in [2.05, 4.69) is 54.5 Å². The van der Waals surface area contributed by atoms with Crippen molar-refractivity contribution in [2.75, 3.05) is 13.3 Å². The molecule has 0 unspecified atom stereocenters. The maximum absolute atomic E-state index is 5.97. The zero-order valence-electron chi connectivity index (χ0n) is 15.5. The summed E-state index contributed by atoms with van der Waals surface area (Å²) in [6.07, 6.45) is 4.14. The highest BCUT2D eigenvalue weighted by molar-refractivity contribution is 5.93. The fraction of sp³-hybridized carbons (Fsp3) is 0.318. The molecule has 26 heavy (non-hydrogen) atoms. The predicted octanol–water partition coefficient (Wildman–Crippen LogP) is 4.13. The van der Waals surface area contributed by atoms with Gasteiger partial charge in [0.05, 0.1) is 19.9 Å². The van der Waals surface area contributed by atoms with E-state index in [0.717, 1.165) is 18.1 Å². The van der Waals surface area contributed by atoms with Gasteiger partial charge in [0.25, 0.3) is 0 Å². The smallest absolute Gasteiger partial charge is 0.124 e. The van der Waals surface area contributed by atoms with E-state index < -0.39 is 0 Å². The lowest BCUT2D eigenvalue weighted by Crippen LogP contribution is -2.41. The molecule has 0 bridgehead atoms. The number of rotatable bonds is 7. The fourth-order valence-corrected chi connectivity index (χ4v) is 2.81. The molecule has 0 spiro atoms. The minimum Gasteiger partial charge on any atom is -0.374 e. The summed E-state index contributed by atoms with van der Waals surface area (Å²) in [4.78, 5) is 7.14. The average molecular weight is 349 g/mol. The SMILES string of the molecule is CC(C)N1C=CC(=N[C@@H](COCc2ccccc2)c2ccccc2)NC1. The lowest BCUT2D eigenvalue weighted by atomic mass is 10.1. The van der Waals surface area contributed by atoms with Crippen molar-refractivity contribution in [1.82, 2.24) is 10.2 Å². The van der Waals surface area contributed by atoms with Crippen LogP contribution in [0.5, 0.6) is 0 Å². The number of nitrogens with one attached hydrogen (secondary N) is 1. The number of hydrogen-bond donors (Lipinski definition) is 1. The van der Waals surface area contributed by atoms with Crippen LogP contribution in [0.15, 0.2) is 77.9 Å². The molecule has 0 aliphatic carbocycles. The normalized spacial score (nSPS) is 16.7. The standard InChI is InChI=1S/C22H27N3O/c1-18(2)25-14-13-22(23-17-25)24-21(20-11-7-4-8-12-20)16-26-15-19-9-5-3-6-10-19/h3-14,18,21H,15-17H2,1-2H3,(H,23,24)/t21-/m0/s1. The summed E-state index contributed by atoms with van der Waals surface area (Å²) in [6, 6.07) is 21.0. The third-order valence-corrected chi connectivity index (χ3v) is 4.40. The first-order valence-corrected chi connectivity index (χ1v) is 9.14. The van der Waals surface area contributed by atoms with Crippen molar-refractivity contribution in [2.45, 2.75) is 32.5 Å². The Morgan fingerprint density at radius 3 is 2.35 bits per heavy atom. The molecular formula is C22H27N3O. The van der Waals surface area contributed by atoms with Gasteiger partial charge in [-0.15, -0.1) is 0 Å². The van der Waals surface area contributed by atoms with Gasteiger partial charge in [-0.3, -0.25) is 4.99 Å². The molecule has 4 heteroatoms. The Kier molecular flexibility index (Phi) is 6.45. The van der Waals surface area contributed by atoms with E-state index in [9.17, 15) is 0 Å². The summed E-state index contributed by atoms with van der Waals surface area (Å²) in [6.45, 7) is 6.28. The minimum atomic E-state index is -0.0299. The Morgan fingerprint density at radius 1 is 1.04 bits per heavy atom. The van der Waals surface area contributed by atoms with Crippen LogP contribution in [0.4, 0.5) is 0 Å². The highest BCUT2D eigenvalue weighted by Gasteiger charge is 2.14. The molecule has 2 aromatic carbocycles. The van der Waals surface area contributed by atoms with Gasteiger partial charge in [-0.05, 0) is 31.1 Å². The third-order valence-electron chi connectivity index (χ3n) is 4.40. The van der Waals surface area contributed by atoms with Crippen LogP contribution >= 0.6 is 0 Å². The molecule has 1 aliphatic heterocycles. The van der Waals surface area contributed by atoms with Crippen molar-refractivity contribution in [3.8, 4) is 0 Å². The molecule has 4 nitrogen and oxygen atoms in total. The molecule has 0 fully saturated rings. The van der Waals surface area contributed by atoms with E-state index >= 15 is 0 Å². The van der Waals surface area contributed by atoms with Gasteiger partial charge in [0.1, 0.15) is 11.9 Å². The number of nitrogens with zero attached hydrogens (tertiary/aromatic N) is 2. The number of amidine groups is 1. The van der Waals surface area contributed by atoms with Crippen LogP contribution in [0.1, 0.15) is 31.0 Å². The van der Waals surface area contributed by atoms with E-state index in [4.69, 9.17) is 9.73 Å². The molecular weight excluding hydrogens is 322 g/mol. The first-order valence-electron chi connectivity index (χ1n) is 9.14. The molecule has 0 saturated heterocycles. The molecule has 1 N–H and O–H groups in total. The molecule has 136 valence electrons. The van der Waals surface area contributed by atoms with Gasteiger partial charge in [-0.25, -0.2) is 0 Å². The maximum atomic E-state index is 5.97. The Hall–Kier alpha value is -2.59. The van der Waals surface area contributed by atoms with Gasteiger partial charge in [0.2, 0.25) is 0 Å². The predicted molar refractivity (Wildman–Crippen MR) is 107 cm³/mol. The number of aliphatic imine (C=N–C) groups is 1. The highest BCUT2D eigenvalue weighted by atomic mass is 16.5. The van der Waals surface area contributed by atoms with E-state index in [1.54, 1.807) is 0 Å². The molecule has 2 aromatic rings. The molecule has 1 aliphatic rings. The van der Waals surface area contributed by atoms with Crippen molar-refractivity contribution >= 4 is 5.84 Å². The van der Waals surface area contributed by atoms with Gasteiger partial charge in [0, 0.05) is 12.2 Å². The van der Waals surface area contributed by atoms with Crippen molar-refractivity contribution < 1.29 is 4.74 Å². The Bertz CT molecular complexity index is 726. The zero-order valence-corrected chi connectivity index (χ0v) is 15.5. The molecule has 3 rings (SSSR count). The second-order valence-electron chi connectivity index (χ2n) is 6.70. The Labute approximate surface area is 156 Å². The van der Waals surface area contributed by atoms with Crippen molar-refractivity contribution in [1.29, 1.82) is 0 Å². The van der Waals surface area contributed by atoms with Crippen LogP contribution in [0.25, 0.3) is 0 Å². The van der Waals surface area contributed by atoms with Crippen LogP contribution in [-0.2, 0) is 11.3 Å². The third kappa shape index (κ3) is 5.20. The molecule has 0 radical (unpaired) electrons. The van der Waals surface area contributed by atoms with Crippen LogP contribution < -0.4 is 5.32 Å². The minimum absolute atomic E-state index is 0.0299. The average Bonchev–Trinajstić information content (AvgIpc) is 2.69. The second kappa shape index (κ2) is 9.20. The van der Waals surface area contributed by atoms with Gasteiger partial charge < -0.3 is 15.0 Å². The summed E-state index contributed by atoms with van der Waals surface area (Å²) in [5, 5.41) is 3.39. The monoisotopic (exact) mass is 349 g/mol. The zero-order chi connectivity index (χ0) is 18.2.